The van der Waals surface area contributed by atoms with Crippen molar-refractivity contribution in [1.29, 1.82) is 0 Å². The minimum Gasteiger partial charge on any atom is -0.466 e. The summed E-state index contributed by atoms with van der Waals surface area (Å²) in [5, 5.41) is 2.99. The molecule has 0 aliphatic rings. The van der Waals surface area contributed by atoms with Crippen molar-refractivity contribution >= 4 is 11.9 Å². The summed E-state index contributed by atoms with van der Waals surface area (Å²) in [6.07, 6.45) is 4.00. The molecular formula is C15H17NO4. The first-order chi connectivity index (χ1) is 9.67. The molecule has 0 fully saturated rings. The van der Waals surface area contributed by atoms with Gasteiger partial charge in [-0.05, 0) is 11.6 Å². The van der Waals surface area contributed by atoms with Crippen molar-refractivity contribution < 1.29 is 19.1 Å². The van der Waals surface area contributed by atoms with Crippen LogP contribution in [0.2, 0.25) is 0 Å². The molecule has 0 aromatic heterocycles. The number of benzene rings is 1. The first kappa shape index (κ1) is 15.5. The third-order valence-electron chi connectivity index (χ3n) is 2.43. The van der Waals surface area contributed by atoms with Gasteiger partial charge >= 0.3 is 11.9 Å². The molecule has 5 heteroatoms. The van der Waals surface area contributed by atoms with E-state index in [4.69, 9.17) is 0 Å². The maximum atomic E-state index is 11.5. The van der Waals surface area contributed by atoms with Gasteiger partial charge in [-0.1, -0.05) is 30.3 Å². The normalized spacial score (nSPS) is 11.2. The highest BCUT2D eigenvalue weighted by Gasteiger charge is 2.06. The number of hydrogen-bond donors (Lipinski definition) is 1. The summed E-state index contributed by atoms with van der Waals surface area (Å²) < 4.78 is 9.09. The predicted molar refractivity (Wildman–Crippen MR) is 74.5 cm³/mol. The molecule has 0 heterocycles. The summed E-state index contributed by atoms with van der Waals surface area (Å²) in [7, 11) is 2.54. The Morgan fingerprint density at radius 3 is 2.40 bits per heavy atom. The zero-order valence-corrected chi connectivity index (χ0v) is 11.5. The molecule has 0 bridgehead atoms. The molecule has 0 atom stereocenters. The molecule has 0 aliphatic carbocycles. The fourth-order valence-electron chi connectivity index (χ4n) is 1.39. The minimum absolute atomic E-state index is 0.230. The first-order valence-corrected chi connectivity index (χ1v) is 5.99. The molecule has 1 aromatic carbocycles. The van der Waals surface area contributed by atoms with Crippen molar-refractivity contribution in [3.05, 3.63) is 59.8 Å². The first-order valence-electron chi connectivity index (χ1n) is 5.99. The molecule has 0 unspecified atom stereocenters. The molecule has 1 rings (SSSR count). The van der Waals surface area contributed by atoms with Crippen LogP contribution >= 0.6 is 0 Å². The van der Waals surface area contributed by atoms with E-state index in [0.29, 0.717) is 6.54 Å². The number of nitrogens with one attached hydrogen (secondary N) is 1. The highest BCUT2D eigenvalue weighted by Crippen LogP contribution is 2.01. The molecule has 0 saturated carbocycles. The number of rotatable bonds is 6. The van der Waals surface area contributed by atoms with E-state index >= 15 is 0 Å². The average Bonchev–Trinajstić information content (AvgIpc) is 2.50. The molecule has 1 N–H and O–H groups in total. The Bertz CT molecular complexity index is 506. The second-order valence-corrected chi connectivity index (χ2v) is 3.81. The number of carbonyl (C=O) groups is 2. The minimum atomic E-state index is -0.539. The molecule has 0 amide bonds. The van der Waals surface area contributed by atoms with Gasteiger partial charge in [0.15, 0.2) is 0 Å². The summed E-state index contributed by atoms with van der Waals surface area (Å²) in [6, 6.07) is 9.71. The smallest absolute Gasteiger partial charge is 0.339 e. The van der Waals surface area contributed by atoms with Gasteiger partial charge in [-0.3, -0.25) is 0 Å². The zero-order valence-electron chi connectivity index (χ0n) is 11.5. The fraction of sp³-hybridized carbons (Fsp3) is 0.200. The number of esters is 2. The maximum Gasteiger partial charge on any atom is 0.339 e. The molecule has 5 nitrogen and oxygen atoms in total. The van der Waals surface area contributed by atoms with Crippen LogP contribution in [0, 0.1) is 0 Å². The van der Waals surface area contributed by atoms with Crippen LogP contribution in [0.25, 0.3) is 0 Å². The molecular weight excluding hydrogens is 258 g/mol. The van der Waals surface area contributed by atoms with E-state index in [1.807, 2.05) is 30.3 Å². The van der Waals surface area contributed by atoms with Gasteiger partial charge in [-0.25, -0.2) is 9.59 Å². The lowest BCUT2D eigenvalue weighted by atomic mass is 10.2. The van der Waals surface area contributed by atoms with Gasteiger partial charge in [-0.2, -0.15) is 0 Å². The Hall–Kier alpha value is -2.56. The third kappa shape index (κ3) is 5.39. The Balaban J connectivity index is 2.68. The van der Waals surface area contributed by atoms with Crippen molar-refractivity contribution in [2.24, 2.45) is 0 Å². The lowest BCUT2D eigenvalue weighted by molar-refractivity contribution is -0.135. The van der Waals surface area contributed by atoms with Crippen molar-refractivity contribution in [3.63, 3.8) is 0 Å². The Morgan fingerprint density at radius 2 is 1.80 bits per heavy atom. The molecule has 1 aromatic rings. The number of carbonyl (C=O) groups excluding carboxylic acids is 2. The largest absolute Gasteiger partial charge is 0.466 e. The van der Waals surface area contributed by atoms with Crippen LogP contribution in [0.4, 0.5) is 0 Å². The molecule has 0 spiro atoms. The van der Waals surface area contributed by atoms with Crippen LogP contribution in [-0.2, 0) is 25.6 Å². The van der Waals surface area contributed by atoms with Crippen LogP contribution in [0.1, 0.15) is 5.56 Å². The second-order valence-electron chi connectivity index (χ2n) is 3.81. The molecule has 106 valence electrons. The number of ether oxygens (including phenoxy) is 2. The summed E-state index contributed by atoms with van der Waals surface area (Å²) in [6.45, 7) is 0.563. The van der Waals surface area contributed by atoms with E-state index < -0.39 is 11.9 Å². The number of methoxy groups -OCH3 is 2. The lowest BCUT2D eigenvalue weighted by Gasteiger charge is -2.04. The molecule has 0 saturated heterocycles. The van der Waals surface area contributed by atoms with Crippen molar-refractivity contribution in [3.8, 4) is 0 Å². The fourth-order valence-corrected chi connectivity index (χ4v) is 1.39. The average molecular weight is 275 g/mol. The van der Waals surface area contributed by atoms with E-state index in [2.05, 4.69) is 14.8 Å². The van der Waals surface area contributed by atoms with E-state index in [1.54, 1.807) is 0 Å². The summed E-state index contributed by atoms with van der Waals surface area (Å²) in [5.41, 5.74) is 1.30. The summed E-state index contributed by atoms with van der Waals surface area (Å²) in [4.78, 5) is 22.5. The monoisotopic (exact) mass is 275 g/mol. The molecule has 20 heavy (non-hydrogen) atoms. The molecule has 0 aliphatic heterocycles. The van der Waals surface area contributed by atoms with Gasteiger partial charge in [-0.15, -0.1) is 0 Å². The Labute approximate surface area is 117 Å². The van der Waals surface area contributed by atoms with Gasteiger partial charge in [0.1, 0.15) is 0 Å². The Morgan fingerprint density at radius 1 is 1.10 bits per heavy atom. The van der Waals surface area contributed by atoms with Gasteiger partial charge in [0, 0.05) is 18.8 Å². The van der Waals surface area contributed by atoms with Crippen molar-refractivity contribution in [2.45, 2.75) is 6.54 Å². The van der Waals surface area contributed by atoms with Crippen LogP contribution in [0.3, 0.4) is 0 Å². The lowest BCUT2D eigenvalue weighted by Crippen LogP contribution is -2.11. The maximum absolute atomic E-state index is 11.5. The Kier molecular flexibility index (Phi) is 6.61. The van der Waals surface area contributed by atoms with Crippen LogP contribution in [0.15, 0.2) is 54.3 Å². The number of hydrogen-bond acceptors (Lipinski definition) is 5. The van der Waals surface area contributed by atoms with E-state index in [9.17, 15) is 9.59 Å². The second kappa shape index (κ2) is 8.53. The van der Waals surface area contributed by atoms with Crippen LogP contribution in [-0.4, -0.2) is 26.2 Å². The predicted octanol–water partition coefficient (Wildman–Crippen LogP) is 1.56. The van der Waals surface area contributed by atoms with Gasteiger partial charge < -0.3 is 14.8 Å². The zero-order chi connectivity index (χ0) is 14.8. The van der Waals surface area contributed by atoms with Gasteiger partial charge in [0.25, 0.3) is 0 Å². The van der Waals surface area contributed by atoms with E-state index in [-0.39, 0.29) is 5.57 Å². The van der Waals surface area contributed by atoms with Crippen molar-refractivity contribution in [2.75, 3.05) is 14.2 Å². The quantitative estimate of drug-likeness (QED) is 0.485. The standard InChI is InChI=1S/C15H17NO4/c1-19-14(17)9-8-13(15(18)20-2)11-16-10-12-6-4-3-5-7-12/h3-9,11,16H,10H2,1-2H3/b9-8+,13-11?. The van der Waals surface area contributed by atoms with E-state index in [0.717, 1.165) is 11.6 Å². The SMILES string of the molecule is COC(=O)/C=C/C(=CNCc1ccccc1)C(=O)OC. The summed E-state index contributed by atoms with van der Waals surface area (Å²) >= 11 is 0. The van der Waals surface area contributed by atoms with E-state index in [1.165, 1.54) is 26.5 Å². The van der Waals surface area contributed by atoms with Gasteiger partial charge in [0.05, 0.1) is 19.8 Å². The van der Waals surface area contributed by atoms with Crippen molar-refractivity contribution in [1.82, 2.24) is 5.32 Å². The highest BCUT2D eigenvalue weighted by molar-refractivity contribution is 5.93. The molecule has 0 radical (unpaired) electrons. The third-order valence-corrected chi connectivity index (χ3v) is 2.43. The van der Waals surface area contributed by atoms with Crippen LogP contribution in [0.5, 0.6) is 0 Å². The van der Waals surface area contributed by atoms with Gasteiger partial charge in [0.2, 0.25) is 0 Å². The van der Waals surface area contributed by atoms with Crippen LogP contribution < -0.4 is 5.32 Å². The summed E-state index contributed by atoms with van der Waals surface area (Å²) in [5.74, 6) is -1.08. The topological polar surface area (TPSA) is 64.6 Å². The highest BCUT2D eigenvalue weighted by atomic mass is 16.5.